The minimum atomic E-state index is -0.928. The molecule has 3 rings (SSSR count). The number of nitrogens with one attached hydrogen (secondary N) is 1. The Morgan fingerprint density at radius 1 is 1.17 bits per heavy atom. The first kappa shape index (κ1) is 22.4. The minimum absolute atomic E-state index is 0.0453. The summed E-state index contributed by atoms with van der Waals surface area (Å²) in [6.07, 6.45) is 1.26. The van der Waals surface area contributed by atoms with Crippen molar-refractivity contribution in [1.82, 2.24) is 4.90 Å². The molecule has 2 aromatic carbocycles. The third-order valence-corrected chi connectivity index (χ3v) is 9.28. The van der Waals surface area contributed by atoms with Crippen LogP contribution in [0.15, 0.2) is 54.6 Å². The summed E-state index contributed by atoms with van der Waals surface area (Å²) in [5, 5.41) is 12.2. The first-order chi connectivity index (χ1) is 14.5. The Hall–Kier alpha value is -2.28. The van der Waals surface area contributed by atoms with Gasteiger partial charge < -0.3 is 0 Å². The zero-order valence-corrected chi connectivity index (χ0v) is 19.1. The normalized spacial score (nSPS) is 16.8. The Balaban J connectivity index is 1.56. The summed E-state index contributed by atoms with van der Waals surface area (Å²) in [7, 11) is 1.64. The van der Waals surface area contributed by atoms with Crippen molar-refractivity contribution in [3.8, 4) is 0 Å². The SMILES string of the molecule is C[C@H](CS[Se]c1ccccc1C(=O)Nc1ccccc1)C(=O)N1CCC[C@H]1C(=O)O. The van der Waals surface area contributed by atoms with Crippen LogP contribution in [0.1, 0.15) is 30.1 Å². The van der Waals surface area contributed by atoms with Gasteiger partial charge in [-0.2, -0.15) is 0 Å². The summed E-state index contributed by atoms with van der Waals surface area (Å²) in [5.41, 5.74) is 1.38. The van der Waals surface area contributed by atoms with Crippen molar-refractivity contribution >= 4 is 51.9 Å². The van der Waals surface area contributed by atoms with Crippen LogP contribution < -0.4 is 9.78 Å². The molecule has 1 fully saturated rings. The van der Waals surface area contributed by atoms with Gasteiger partial charge in [0.05, 0.1) is 0 Å². The fourth-order valence-corrected chi connectivity index (χ4v) is 7.90. The quantitative estimate of drug-likeness (QED) is 0.555. The predicted molar refractivity (Wildman–Crippen MR) is 120 cm³/mol. The molecule has 30 heavy (non-hydrogen) atoms. The van der Waals surface area contributed by atoms with Gasteiger partial charge >= 0.3 is 186 Å². The maximum absolute atomic E-state index is 12.7. The molecule has 0 radical (unpaired) electrons. The number of para-hydroxylation sites is 1. The number of rotatable bonds is 8. The van der Waals surface area contributed by atoms with Gasteiger partial charge in [-0.15, -0.1) is 0 Å². The fraction of sp³-hybridized carbons (Fsp3) is 0.318. The van der Waals surface area contributed by atoms with E-state index in [0.717, 1.165) is 16.6 Å². The molecule has 1 aliphatic rings. The number of hydrogen-bond donors (Lipinski definition) is 2. The molecule has 2 atom stereocenters. The summed E-state index contributed by atoms with van der Waals surface area (Å²) < 4.78 is 0.965. The van der Waals surface area contributed by atoms with Gasteiger partial charge in [0.2, 0.25) is 0 Å². The van der Waals surface area contributed by atoms with E-state index in [4.69, 9.17) is 0 Å². The third kappa shape index (κ3) is 5.65. The Kier molecular flexibility index (Phi) is 7.96. The summed E-state index contributed by atoms with van der Waals surface area (Å²) in [4.78, 5) is 38.2. The molecule has 0 saturated carbocycles. The van der Waals surface area contributed by atoms with Crippen molar-refractivity contribution in [2.24, 2.45) is 5.92 Å². The topological polar surface area (TPSA) is 86.7 Å². The second-order valence-electron chi connectivity index (χ2n) is 7.11. The van der Waals surface area contributed by atoms with E-state index >= 15 is 0 Å². The Morgan fingerprint density at radius 2 is 1.87 bits per heavy atom. The van der Waals surface area contributed by atoms with Crippen molar-refractivity contribution in [3.05, 3.63) is 60.2 Å². The standard InChI is InChI=1S/C22H24N2O4SSe/c1-15(21(26)24-13-7-11-18(24)22(27)28)14-29-30-19-12-6-5-10-17(19)20(25)23-16-8-3-2-4-9-16/h2-6,8-10,12,15,18H,7,11,13-14H2,1H3,(H,23,25)(H,27,28)/t15-,18+/m1/s1. The molecule has 0 unspecified atom stereocenters. The zero-order chi connectivity index (χ0) is 21.5. The number of carboxylic acid groups (broad SMARTS) is 1. The van der Waals surface area contributed by atoms with Crippen LogP contribution in [-0.2, 0) is 9.59 Å². The summed E-state index contributed by atoms with van der Waals surface area (Å²) in [6.45, 7) is 2.36. The van der Waals surface area contributed by atoms with E-state index in [-0.39, 0.29) is 31.6 Å². The molecule has 0 aliphatic carbocycles. The van der Waals surface area contributed by atoms with Crippen LogP contribution in [0.25, 0.3) is 0 Å². The van der Waals surface area contributed by atoms with Crippen molar-refractivity contribution < 1.29 is 19.5 Å². The third-order valence-electron chi connectivity index (χ3n) is 4.87. The van der Waals surface area contributed by atoms with Gasteiger partial charge in [0.15, 0.2) is 0 Å². The molecule has 158 valence electrons. The van der Waals surface area contributed by atoms with Crippen LogP contribution in [0.3, 0.4) is 0 Å². The van der Waals surface area contributed by atoms with E-state index in [2.05, 4.69) is 5.32 Å². The van der Waals surface area contributed by atoms with Crippen LogP contribution in [0, 0.1) is 5.92 Å². The van der Waals surface area contributed by atoms with Gasteiger partial charge in [-0.25, -0.2) is 0 Å². The van der Waals surface area contributed by atoms with Crippen molar-refractivity contribution in [2.75, 3.05) is 17.6 Å². The number of anilines is 1. The molecule has 2 N–H and O–H groups in total. The monoisotopic (exact) mass is 492 g/mol. The Morgan fingerprint density at radius 3 is 2.60 bits per heavy atom. The molecule has 0 bridgehead atoms. The van der Waals surface area contributed by atoms with E-state index in [1.807, 2.05) is 61.5 Å². The average molecular weight is 491 g/mol. The molecule has 0 spiro atoms. The van der Waals surface area contributed by atoms with Crippen LogP contribution >= 0.6 is 10.2 Å². The average Bonchev–Trinajstić information content (AvgIpc) is 3.24. The fourth-order valence-electron chi connectivity index (χ4n) is 3.29. The number of likely N-dealkylation sites (tertiary alicyclic amines) is 1. The number of amides is 2. The van der Waals surface area contributed by atoms with E-state index in [1.54, 1.807) is 10.2 Å². The van der Waals surface area contributed by atoms with E-state index in [1.165, 1.54) is 4.90 Å². The number of carbonyl (C=O) groups excluding carboxylic acids is 2. The van der Waals surface area contributed by atoms with E-state index in [9.17, 15) is 19.5 Å². The van der Waals surface area contributed by atoms with Crippen LogP contribution in [-0.4, -0.2) is 60.0 Å². The molecule has 0 aromatic heterocycles. The van der Waals surface area contributed by atoms with Crippen molar-refractivity contribution in [1.29, 1.82) is 0 Å². The molecule has 2 amide bonds. The van der Waals surface area contributed by atoms with Crippen molar-refractivity contribution in [2.45, 2.75) is 25.8 Å². The number of benzene rings is 2. The zero-order valence-electron chi connectivity index (χ0n) is 16.6. The summed E-state index contributed by atoms with van der Waals surface area (Å²) >= 11 is -0.0453. The number of hydrogen-bond acceptors (Lipinski definition) is 4. The van der Waals surface area contributed by atoms with Crippen LogP contribution in [0.5, 0.6) is 0 Å². The van der Waals surface area contributed by atoms with Gasteiger partial charge in [0.1, 0.15) is 0 Å². The van der Waals surface area contributed by atoms with Gasteiger partial charge in [-0.1, -0.05) is 0 Å². The Bertz CT molecular complexity index is 909. The first-order valence-corrected chi connectivity index (χ1v) is 13.6. The molecule has 1 aliphatic heterocycles. The number of nitrogens with zero attached hydrogens (tertiary/aromatic N) is 1. The Labute approximate surface area is 185 Å². The molecule has 2 aromatic rings. The number of carbonyl (C=O) groups is 3. The molecular weight excluding hydrogens is 467 g/mol. The second-order valence-corrected chi connectivity index (χ2v) is 11.3. The van der Waals surface area contributed by atoms with Crippen molar-refractivity contribution in [3.63, 3.8) is 0 Å². The van der Waals surface area contributed by atoms with E-state index < -0.39 is 12.0 Å². The molecular formula is C22H24N2O4SSe. The maximum atomic E-state index is 12.7. The molecule has 8 heteroatoms. The first-order valence-electron chi connectivity index (χ1n) is 9.75. The van der Waals surface area contributed by atoms with Gasteiger partial charge in [-0.05, 0) is 0 Å². The number of carboxylic acids is 1. The summed E-state index contributed by atoms with van der Waals surface area (Å²) in [6, 6.07) is 16.1. The number of aliphatic carboxylic acids is 1. The van der Waals surface area contributed by atoms with Crippen LogP contribution in [0.2, 0.25) is 0 Å². The van der Waals surface area contributed by atoms with Crippen LogP contribution in [0.4, 0.5) is 5.69 Å². The van der Waals surface area contributed by atoms with Gasteiger partial charge in [-0.3, -0.25) is 0 Å². The molecule has 1 saturated heterocycles. The predicted octanol–water partition coefficient (Wildman–Crippen LogP) is 2.63. The van der Waals surface area contributed by atoms with Gasteiger partial charge in [0, 0.05) is 0 Å². The van der Waals surface area contributed by atoms with Gasteiger partial charge in [0.25, 0.3) is 0 Å². The molecule has 1 heterocycles. The van der Waals surface area contributed by atoms with E-state index in [0.29, 0.717) is 24.3 Å². The summed E-state index contributed by atoms with van der Waals surface area (Å²) in [5.74, 6) is -0.843. The second kappa shape index (κ2) is 10.7. The molecule has 6 nitrogen and oxygen atoms in total.